The van der Waals surface area contributed by atoms with Crippen LogP contribution >= 0.6 is 0 Å². The van der Waals surface area contributed by atoms with Crippen LogP contribution in [0.25, 0.3) is 5.76 Å². The van der Waals surface area contributed by atoms with Crippen molar-refractivity contribution in [1.82, 2.24) is 4.90 Å². The molecular weight excluding hydrogens is 446 g/mol. The largest absolute Gasteiger partial charge is 0.508 e. The van der Waals surface area contributed by atoms with Crippen LogP contribution < -0.4 is 4.74 Å². The zero-order valence-electron chi connectivity index (χ0n) is 19.6. The first-order valence-electron chi connectivity index (χ1n) is 11.2. The minimum atomic E-state index is -0.803. The lowest BCUT2D eigenvalue weighted by molar-refractivity contribution is -0.140. The summed E-state index contributed by atoms with van der Waals surface area (Å²) in [4.78, 5) is 27.2. The third-order valence-corrected chi connectivity index (χ3v) is 5.90. The Morgan fingerprint density at radius 3 is 2.37 bits per heavy atom. The van der Waals surface area contributed by atoms with E-state index in [0.717, 1.165) is 11.1 Å². The first-order valence-corrected chi connectivity index (χ1v) is 11.2. The predicted molar refractivity (Wildman–Crippen MR) is 131 cm³/mol. The van der Waals surface area contributed by atoms with Gasteiger partial charge in [-0.2, -0.15) is 0 Å². The number of benzene rings is 3. The number of carbonyl (C=O) groups excluding carboxylic acids is 2. The minimum Gasteiger partial charge on any atom is -0.508 e. The summed E-state index contributed by atoms with van der Waals surface area (Å²) < 4.78 is 11.0. The molecule has 2 N–H and O–H groups in total. The number of ketones is 1. The summed E-state index contributed by atoms with van der Waals surface area (Å²) in [5.41, 5.74) is 3.17. The Morgan fingerprint density at radius 1 is 1.00 bits per heavy atom. The number of aromatic hydroxyl groups is 1. The van der Waals surface area contributed by atoms with Gasteiger partial charge in [-0.25, -0.2) is 0 Å². The maximum absolute atomic E-state index is 13.0. The molecule has 180 valence electrons. The topological polar surface area (TPSA) is 96.3 Å². The molecule has 0 radical (unpaired) electrons. The highest BCUT2D eigenvalue weighted by molar-refractivity contribution is 6.46. The molecule has 0 aliphatic carbocycles. The molecule has 1 aliphatic heterocycles. The van der Waals surface area contributed by atoms with E-state index in [-0.39, 0.29) is 30.2 Å². The van der Waals surface area contributed by atoms with Gasteiger partial charge < -0.3 is 24.6 Å². The Hall–Kier alpha value is -4.10. The van der Waals surface area contributed by atoms with E-state index >= 15 is 0 Å². The van der Waals surface area contributed by atoms with Crippen LogP contribution in [-0.2, 0) is 20.9 Å². The summed E-state index contributed by atoms with van der Waals surface area (Å²) in [6, 6.07) is 20.2. The number of aryl methyl sites for hydroxylation is 1. The second kappa shape index (κ2) is 10.4. The van der Waals surface area contributed by atoms with Crippen molar-refractivity contribution < 1.29 is 29.3 Å². The zero-order chi connectivity index (χ0) is 24.9. The average molecular weight is 474 g/mol. The zero-order valence-corrected chi connectivity index (χ0v) is 19.6. The number of ether oxygens (including phenoxy) is 2. The standard InChI is InChI=1S/C28H27NO6/c1-18-4-3-5-19(16-18)17-35-23-12-8-21(9-13-23)26(31)24-25(20-6-10-22(30)11-7-20)29(14-15-34-2)28(33)27(24)32/h3-13,16,25,30-31H,14-15,17H2,1-2H3/t25-/m0/s1. The molecule has 0 saturated carbocycles. The lowest BCUT2D eigenvalue weighted by Gasteiger charge is -2.25. The van der Waals surface area contributed by atoms with Crippen molar-refractivity contribution in [2.24, 2.45) is 0 Å². The quantitative estimate of drug-likeness (QED) is 0.287. The van der Waals surface area contributed by atoms with Gasteiger partial charge in [-0.05, 0) is 54.4 Å². The van der Waals surface area contributed by atoms with Crippen LogP contribution in [0.2, 0.25) is 0 Å². The van der Waals surface area contributed by atoms with Crippen LogP contribution in [0.3, 0.4) is 0 Å². The minimum absolute atomic E-state index is 0.00905. The number of amides is 1. The van der Waals surface area contributed by atoms with E-state index in [4.69, 9.17) is 9.47 Å². The summed E-state index contributed by atoms with van der Waals surface area (Å²) in [6.07, 6.45) is 0. The number of aliphatic hydroxyl groups is 1. The molecular formula is C28H27NO6. The number of carbonyl (C=O) groups is 2. The summed E-state index contributed by atoms with van der Waals surface area (Å²) in [5.74, 6) is -1.08. The number of aliphatic hydroxyl groups excluding tert-OH is 1. The number of methoxy groups -OCH3 is 1. The first-order chi connectivity index (χ1) is 16.9. The highest BCUT2D eigenvalue weighted by atomic mass is 16.5. The van der Waals surface area contributed by atoms with Gasteiger partial charge in [0.2, 0.25) is 0 Å². The maximum atomic E-state index is 13.0. The highest BCUT2D eigenvalue weighted by Crippen LogP contribution is 2.39. The van der Waals surface area contributed by atoms with Gasteiger partial charge in [-0.1, -0.05) is 42.0 Å². The molecule has 3 aromatic carbocycles. The van der Waals surface area contributed by atoms with Crippen LogP contribution in [0.4, 0.5) is 0 Å². The van der Waals surface area contributed by atoms with E-state index in [1.54, 1.807) is 36.4 Å². The highest BCUT2D eigenvalue weighted by Gasteiger charge is 2.45. The number of phenols is 1. The normalized spacial score (nSPS) is 17.1. The summed E-state index contributed by atoms with van der Waals surface area (Å²) in [7, 11) is 1.51. The van der Waals surface area contributed by atoms with Gasteiger partial charge in [0.1, 0.15) is 23.9 Å². The fourth-order valence-corrected chi connectivity index (χ4v) is 4.14. The molecule has 35 heavy (non-hydrogen) atoms. The molecule has 0 aromatic heterocycles. The molecule has 1 heterocycles. The van der Waals surface area contributed by atoms with Gasteiger partial charge >= 0.3 is 0 Å². The number of phenolic OH excluding ortho intramolecular Hbond substituents is 1. The van der Waals surface area contributed by atoms with Crippen LogP contribution in [0.5, 0.6) is 11.5 Å². The van der Waals surface area contributed by atoms with Gasteiger partial charge in [0.15, 0.2) is 0 Å². The molecule has 1 amide bonds. The fraction of sp³-hybridized carbons (Fsp3) is 0.214. The Morgan fingerprint density at radius 2 is 1.71 bits per heavy atom. The molecule has 1 atom stereocenters. The number of likely N-dealkylation sites (tertiary alicyclic amines) is 1. The van der Waals surface area contributed by atoms with Crippen LogP contribution in [0.1, 0.15) is 28.3 Å². The number of hydrogen-bond donors (Lipinski definition) is 2. The molecule has 0 bridgehead atoms. The number of hydrogen-bond acceptors (Lipinski definition) is 6. The van der Waals surface area contributed by atoms with Gasteiger partial charge in [0, 0.05) is 19.2 Å². The lowest BCUT2D eigenvalue weighted by atomic mass is 9.95. The van der Waals surface area contributed by atoms with Crippen LogP contribution in [0, 0.1) is 6.92 Å². The van der Waals surface area contributed by atoms with Crippen molar-refractivity contribution >= 4 is 17.4 Å². The average Bonchev–Trinajstić information content (AvgIpc) is 3.11. The van der Waals surface area contributed by atoms with Crippen molar-refractivity contribution in [3.05, 3.63) is 101 Å². The van der Waals surface area contributed by atoms with E-state index in [1.807, 2.05) is 31.2 Å². The smallest absolute Gasteiger partial charge is 0.295 e. The van der Waals surface area contributed by atoms with Gasteiger partial charge in [-0.15, -0.1) is 0 Å². The van der Waals surface area contributed by atoms with Crippen molar-refractivity contribution in [3.8, 4) is 11.5 Å². The number of rotatable bonds is 8. The molecule has 3 aromatic rings. The Bertz CT molecular complexity index is 1250. The van der Waals surface area contributed by atoms with Crippen LogP contribution in [0.15, 0.2) is 78.4 Å². The Labute approximate surface area is 203 Å². The van der Waals surface area contributed by atoms with Gasteiger partial charge in [0.25, 0.3) is 11.7 Å². The maximum Gasteiger partial charge on any atom is 0.295 e. The Kier molecular flexibility index (Phi) is 7.17. The third kappa shape index (κ3) is 5.20. The van der Waals surface area contributed by atoms with Crippen molar-refractivity contribution in [2.75, 3.05) is 20.3 Å². The summed E-state index contributed by atoms with van der Waals surface area (Å²) in [6.45, 7) is 2.83. The second-order valence-electron chi connectivity index (χ2n) is 8.38. The summed E-state index contributed by atoms with van der Waals surface area (Å²) >= 11 is 0. The van der Waals surface area contributed by atoms with E-state index in [2.05, 4.69) is 0 Å². The molecule has 0 unspecified atom stereocenters. The SMILES string of the molecule is COCCN1C(=O)C(=O)C(=C(O)c2ccc(OCc3cccc(C)c3)cc2)[C@@H]1c1ccc(O)cc1. The monoisotopic (exact) mass is 473 g/mol. The van der Waals surface area contributed by atoms with E-state index in [9.17, 15) is 19.8 Å². The number of nitrogens with zero attached hydrogens (tertiary/aromatic N) is 1. The van der Waals surface area contributed by atoms with E-state index in [1.165, 1.54) is 24.1 Å². The van der Waals surface area contributed by atoms with E-state index < -0.39 is 17.7 Å². The predicted octanol–water partition coefficient (Wildman–Crippen LogP) is 4.35. The molecule has 7 nitrogen and oxygen atoms in total. The molecule has 1 aliphatic rings. The number of Topliss-reactive ketones (excluding diaryl/α,β-unsaturated/α-hetero) is 1. The molecule has 0 spiro atoms. The fourth-order valence-electron chi connectivity index (χ4n) is 4.14. The molecule has 1 fully saturated rings. The van der Waals surface area contributed by atoms with Crippen molar-refractivity contribution in [1.29, 1.82) is 0 Å². The molecule has 7 heteroatoms. The lowest BCUT2D eigenvalue weighted by Crippen LogP contribution is -2.32. The summed E-state index contributed by atoms with van der Waals surface area (Å²) in [5, 5.41) is 20.8. The van der Waals surface area contributed by atoms with Crippen LogP contribution in [-0.4, -0.2) is 47.1 Å². The van der Waals surface area contributed by atoms with Gasteiger partial charge in [0.05, 0.1) is 18.2 Å². The second-order valence-corrected chi connectivity index (χ2v) is 8.38. The van der Waals surface area contributed by atoms with Crippen molar-refractivity contribution in [2.45, 2.75) is 19.6 Å². The molecule has 1 saturated heterocycles. The first kappa shape index (κ1) is 24.0. The molecule has 4 rings (SSSR count). The Balaban J connectivity index is 1.63. The van der Waals surface area contributed by atoms with Crippen molar-refractivity contribution in [3.63, 3.8) is 0 Å². The van der Waals surface area contributed by atoms with E-state index in [0.29, 0.717) is 23.5 Å². The van der Waals surface area contributed by atoms with Gasteiger partial charge in [-0.3, -0.25) is 9.59 Å². The third-order valence-electron chi connectivity index (χ3n) is 5.90.